The Morgan fingerprint density at radius 2 is 2.00 bits per heavy atom. The van der Waals surface area contributed by atoms with Crippen molar-refractivity contribution in [1.82, 2.24) is 25.1 Å². The number of amides is 3. The van der Waals surface area contributed by atoms with Crippen LogP contribution >= 0.6 is 0 Å². The Bertz CT molecular complexity index is 884. The van der Waals surface area contributed by atoms with Gasteiger partial charge < -0.3 is 10.2 Å². The second-order valence-corrected chi connectivity index (χ2v) is 9.18. The lowest BCUT2D eigenvalue weighted by molar-refractivity contribution is -0.161. The van der Waals surface area contributed by atoms with E-state index in [-0.39, 0.29) is 24.0 Å². The molecule has 2 heterocycles. The Kier molecular flexibility index (Phi) is 7.83. The number of piperazine rings is 1. The second kappa shape index (κ2) is 11.0. The van der Waals surface area contributed by atoms with Crippen LogP contribution < -0.4 is 5.32 Å². The maximum absolute atomic E-state index is 13.0. The number of nitrogens with zero attached hydrogens (tertiary/aromatic N) is 4. The van der Waals surface area contributed by atoms with Gasteiger partial charge >= 0.3 is 6.03 Å². The van der Waals surface area contributed by atoms with Crippen LogP contribution in [0.1, 0.15) is 44.1 Å². The normalized spacial score (nSPS) is 22.7. The first-order valence-corrected chi connectivity index (χ1v) is 12.3. The molecule has 1 N–H and O–H groups in total. The summed E-state index contributed by atoms with van der Waals surface area (Å²) in [7, 11) is 1.96. The maximum atomic E-state index is 13.0. The lowest BCUT2D eigenvalue weighted by Crippen LogP contribution is -2.71. The van der Waals surface area contributed by atoms with E-state index in [1.54, 1.807) is 5.01 Å². The minimum Gasteiger partial charge on any atom is -0.338 e. The summed E-state index contributed by atoms with van der Waals surface area (Å²) in [6.45, 7) is 5.83. The molecule has 2 aliphatic heterocycles. The number of fused-ring (bicyclic) bond motifs is 1. The standard InChI is InChI=1S/C26H37N5O2/c1-3-15-27-26(33)31-24-19-30(25(32)20-29(24)18-17-28(31)2)16-14-23(21-10-6-4-7-11-21)22-12-8-5-9-13-22/h4,6-8,10-13,23-24H,3,5,9,14-20H2,1-2H3,(H,27,33)/t23?,24-/m0/s1. The van der Waals surface area contributed by atoms with Gasteiger partial charge in [-0.3, -0.25) is 9.69 Å². The SMILES string of the molecule is CCCNC(=O)N1[C@H]2CN(CCC(C3=CCCC=C3)c3ccccc3)C(=O)CN2CCN1C. The molecule has 1 unspecified atom stereocenters. The summed E-state index contributed by atoms with van der Waals surface area (Å²) in [4.78, 5) is 30.0. The molecular weight excluding hydrogens is 414 g/mol. The van der Waals surface area contributed by atoms with Crippen LogP contribution in [0.2, 0.25) is 0 Å². The Morgan fingerprint density at radius 3 is 2.73 bits per heavy atom. The summed E-state index contributed by atoms with van der Waals surface area (Å²) in [5.74, 6) is 0.427. The van der Waals surface area contributed by atoms with E-state index in [1.807, 2.05) is 29.9 Å². The van der Waals surface area contributed by atoms with E-state index in [4.69, 9.17) is 0 Å². The van der Waals surface area contributed by atoms with Gasteiger partial charge in [0.25, 0.3) is 0 Å². The molecule has 2 fully saturated rings. The van der Waals surface area contributed by atoms with Crippen molar-refractivity contribution in [1.29, 1.82) is 0 Å². The summed E-state index contributed by atoms with van der Waals surface area (Å²) >= 11 is 0. The van der Waals surface area contributed by atoms with Crippen molar-refractivity contribution in [2.24, 2.45) is 0 Å². The number of hydrogen-bond donors (Lipinski definition) is 1. The highest BCUT2D eigenvalue weighted by Crippen LogP contribution is 2.32. The monoisotopic (exact) mass is 451 g/mol. The number of nitrogens with one attached hydrogen (secondary N) is 1. The van der Waals surface area contributed by atoms with Crippen molar-refractivity contribution < 1.29 is 9.59 Å². The molecule has 1 aromatic carbocycles. The van der Waals surface area contributed by atoms with Crippen LogP contribution in [0.5, 0.6) is 0 Å². The molecule has 33 heavy (non-hydrogen) atoms. The number of hydrazine groups is 1. The first-order valence-electron chi connectivity index (χ1n) is 12.3. The smallest absolute Gasteiger partial charge is 0.333 e. The highest BCUT2D eigenvalue weighted by Gasteiger charge is 2.42. The number of carbonyl (C=O) groups is 2. The van der Waals surface area contributed by atoms with Gasteiger partial charge in [-0.05, 0) is 36.8 Å². The Morgan fingerprint density at radius 1 is 1.18 bits per heavy atom. The van der Waals surface area contributed by atoms with E-state index in [0.29, 0.717) is 26.2 Å². The van der Waals surface area contributed by atoms with Crippen LogP contribution in [0.25, 0.3) is 0 Å². The fraction of sp³-hybridized carbons (Fsp3) is 0.538. The van der Waals surface area contributed by atoms with Crippen molar-refractivity contribution in [2.75, 3.05) is 46.3 Å². The molecule has 1 aliphatic carbocycles. The summed E-state index contributed by atoms with van der Waals surface area (Å²) in [5, 5.41) is 6.80. The van der Waals surface area contributed by atoms with E-state index < -0.39 is 0 Å². The summed E-state index contributed by atoms with van der Waals surface area (Å²) in [5.41, 5.74) is 2.64. The number of carbonyl (C=O) groups excluding carboxylic acids is 2. The number of likely N-dealkylation sites (N-methyl/N-ethyl adjacent to an activating group) is 1. The molecule has 3 aliphatic rings. The first kappa shape index (κ1) is 23.5. The minimum atomic E-state index is -0.123. The van der Waals surface area contributed by atoms with E-state index in [0.717, 1.165) is 38.8 Å². The Balaban J connectivity index is 1.48. The molecule has 7 heteroatoms. The summed E-state index contributed by atoms with van der Waals surface area (Å²) in [6, 6.07) is 10.5. The molecule has 3 amide bonds. The minimum absolute atomic E-state index is 0.0805. The topological polar surface area (TPSA) is 59.1 Å². The Hall–Kier alpha value is -2.64. The fourth-order valence-electron chi connectivity index (χ4n) is 5.07. The van der Waals surface area contributed by atoms with Crippen molar-refractivity contribution in [2.45, 2.75) is 44.7 Å². The summed E-state index contributed by atoms with van der Waals surface area (Å²) < 4.78 is 0. The molecule has 0 radical (unpaired) electrons. The van der Waals surface area contributed by atoms with Crippen LogP contribution in [-0.2, 0) is 4.79 Å². The van der Waals surface area contributed by atoms with Gasteiger partial charge in [-0.15, -0.1) is 0 Å². The zero-order chi connectivity index (χ0) is 23.2. The number of hydrogen-bond acceptors (Lipinski definition) is 4. The first-order chi connectivity index (χ1) is 16.1. The number of rotatable bonds is 7. The highest BCUT2D eigenvalue weighted by atomic mass is 16.2. The van der Waals surface area contributed by atoms with Crippen molar-refractivity contribution in [3.63, 3.8) is 0 Å². The lowest BCUT2D eigenvalue weighted by atomic mass is 9.85. The Labute approximate surface area is 197 Å². The van der Waals surface area contributed by atoms with E-state index in [9.17, 15) is 9.59 Å². The third kappa shape index (κ3) is 5.47. The van der Waals surface area contributed by atoms with Crippen LogP contribution in [0.15, 0.2) is 54.1 Å². The largest absolute Gasteiger partial charge is 0.338 e. The van der Waals surface area contributed by atoms with Gasteiger partial charge in [0.05, 0.1) is 13.1 Å². The molecule has 0 aromatic heterocycles. The van der Waals surface area contributed by atoms with E-state index >= 15 is 0 Å². The molecule has 2 atom stereocenters. The molecule has 0 saturated carbocycles. The van der Waals surface area contributed by atoms with Crippen LogP contribution in [0.4, 0.5) is 4.79 Å². The molecule has 1 aromatic rings. The van der Waals surface area contributed by atoms with Gasteiger partial charge in [-0.2, -0.15) is 0 Å². The molecule has 2 saturated heterocycles. The van der Waals surface area contributed by atoms with Gasteiger partial charge in [0.15, 0.2) is 0 Å². The molecule has 0 spiro atoms. The molecule has 7 nitrogen and oxygen atoms in total. The lowest BCUT2D eigenvalue weighted by Gasteiger charge is -2.52. The predicted molar refractivity (Wildman–Crippen MR) is 130 cm³/mol. The molecular formula is C26H37N5O2. The van der Waals surface area contributed by atoms with Crippen molar-refractivity contribution in [3.8, 4) is 0 Å². The van der Waals surface area contributed by atoms with Crippen LogP contribution in [-0.4, -0.2) is 84.2 Å². The van der Waals surface area contributed by atoms with E-state index in [2.05, 4.69) is 52.7 Å². The van der Waals surface area contributed by atoms with Gasteiger partial charge in [0.2, 0.25) is 5.91 Å². The summed E-state index contributed by atoms with van der Waals surface area (Å²) in [6.07, 6.45) is 10.6. The van der Waals surface area contributed by atoms with Gasteiger partial charge in [-0.1, -0.05) is 55.5 Å². The third-order valence-corrected chi connectivity index (χ3v) is 6.91. The average Bonchev–Trinajstić information content (AvgIpc) is 2.84. The second-order valence-electron chi connectivity index (χ2n) is 9.18. The van der Waals surface area contributed by atoms with Crippen molar-refractivity contribution >= 4 is 11.9 Å². The third-order valence-electron chi connectivity index (χ3n) is 6.91. The van der Waals surface area contributed by atoms with Gasteiger partial charge in [0.1, 0.15) is 6.17 Å². The van der Waals surface area contributed by atoms with E-state index in [1.165, 1.54) is 11.1 Å². The van der Waals surface area contributed by atoms with Crippen LogP contribution in [0, 0.1) is 0 Å². The molecule has 4 rings (SSSR count). The number of urea groups is 1. The number of allylic oxidation sites excluding steroid dienone is 4. The van der Waals surface area contributed by atoms with Crippen molar-refractivity contribution in [3.05, 3.63) is 59.7 Å². The maximum Gasteiger partial charge on any atom is 0.333 e. The number of benzene rings is 1. The van der Waals surface area contributed by atoms with Gasteiger partial charge in [-0.25, -0.2) is 14.8 Å². The highest BCUT2D eigenvalue weighted by molar-refractivity contribution is 5.80. The predicted octanol–water partition coefficient (Wildman–Crippen LogP) is 3.19. The quantitative estimate of drug-likeness (QED) is 0.692. The zero-order valence-electron chi connectivity index (χ0n) is 19.9. The fourth-order valence-corrected chi connectivity index (χ4v) is 5.07. The zero-order valence-corrected chi connectivity index (χ0v) is 19.9. The van der Waals surface area contributed by atoms with Gasteiger partial charge in [0, 0.05) is 39.1 Å². The average molecular weight is 452 g/mol. The molecule has 178 valence electrons. The van der Waals surface area contributed by atoms with Crippen LogP contribution in [0.3, 0.4) is 0 Å². The molecule has 0 bridgehead atoms.